The fourth-order valence-electron chi connectivity index (χ4n) is 1.93. The molecule has 6 heteroatoms. The Morgan fingerprint density at radius 3 is 2.48 bits per heavy atom. The van der Waals surface area contributed by atoms with E-state index in [-0.39, 0.29) is 10.2 Å². The number of hydrogen-bond acceptors (Lipinski definition) is 2. The Morgan fingerprint density at radius 2 is 1.90 bits per heavy atom. The van der Waals surface area contributed by atoms with E-state index in [0.29, 0.717) is 5.56 Å². The summed E-state index contributed by atoms with van der Waals surface area (Å²) in [7, 11) is 1.78. The number of carbonyl (C=O) groups is 1. The van der Waals surface area contributed by atoms with Crippen LogP contribution in [0.25, 0.3) is 0 Å². The number of halogens is 3. The van der Waals surface area contributed by atoms with Gasteiger partial charge in [0.2, 0.25) is 0 Å². The maximum atomic E-state index is 13.7. The zero-order valence-electron chi connectivity index (χ0n) is 11.4. The first-order valence-corrected chi connectivity index (χ1v) is 6.96. The third-order valence-corrected chi connectivity index (χ3v) is 3.63. The molecule has 2 N–H and O–H groups in total. The molecule has 0 fully saturated rings. The molecule has 0 spiro atoms. The van der Waals surface area contributed by atoms with Gasteiger partial charge < -0.3 is 10.6 Å². The normalized spacial score (nSPS) is 10.3. The minimum Gasteiger partial charge on any atom is -0.388 e. The monoisotopic (exact) mass is 354 g/mol. The number of hydrogen-bond donors (Lipinski definition) is 2. The van der Waals surface area contributed by atoms with Crippen LogP contribution in [0.4, 0.5) is 20.2 Å². The average molecular weight is 355 g/mol. The van der Waals surface area contributed by atoms with Crippen molar-refractivity contribution in [1.29, 1.82) is 0 Å². The van der Waals surface area contributed by atoms with Gasteiger partial charge in [0, 0.05) is 28.8 Å². The third-order valence-electron chi connectivity index (χ3n) is 3.00. The molecule has 0 saturated carbocycles. The van der Waals surface area contributed by atoms with Crippen molar-refractivity contribution in [3.63, 3.8) is 0 Å². The van der Waals surface area contributed by atoms with Crippen molar-refractivity contribution in [2.75, 3.05) is 17.7 Å². The molecule has 2 aromatic rings. The Hall–Kier alpha value is -1.95. The standard InChI is InChI=1S/C15H13BrF2N2O/c1-8-5-9(3-4-13(8)19-2)15(21)20-14-11(16)6-10(17)7-12(14)18/h3-7,19H,1-2H3,(H,20,21). The molecule has 0 atom stereocenters. The Balaban J connectivity index is 2.28. The van der Waals surface area contributed by atoms with Gasteiger partial charge in [0.15, 0.2) is 5.82 Å². The highest BCUT2D eigenvalue weighted by molar-refractivity contribution is 9.10. The maximum absolute atomic E-state index is 13.7. The molecule has 0 radical (unpaired) electrons. The van der Waals surface area contributed by atoms with Gasteiger partial charge in [0.05, 0.1) is 5.69 Å². The third kappa shape index (κ3) is 3.39. The molecule has 2 aromatic carbocycles. The maximum Gasteiger partial charge on any atom is 0.255 e. The summed E-state index contributed by atoms with van der Waals surface area (Å²) in [6, 6.07) is 6.89. The van der Waals surface area contributed by atoms with Crippen LogP contribution in [0.5, 0.6) is 0 Å². The Morgan fingerprint density at radius 1 is 1.19 bits per heavy atom. The molecule has 0 aliphatic rings. The molecule has 21 heavy (non-hydrogen) atoms. The van der Waals surface area contributed by atoms with Crippen LogP contribution >= 0.6 is 15.9 Å². The van der Waals surface area contributed by atoms with Gasteiger partial charge in [-0.05, 0) is 52.7 Å². The van der Waals surface area contributed by atoms with E-state index in [2.05, 4.69) is 26.6 Å². The Bertz CT molecular complexity index is 681. The predicted molar refractivity (Wildman–Crippen MR) is 82.7 cm³/mol. The minimum atomic E-state index is -0.834. The van der Waals surface area contributed by atoms with E-state index < -0.39 is 17.5 Å². The van der Waals surface area contributed by atoms with Crippen LogP contribution in [0.2, 0.25) is 0 Å². The first-order valence-electron chi connectivity index (χ1n) is 6.16. The SMILES string of the molecule is CNc1ccc(C(=O)Nc2c(F)cc(F)cc2Br)cc1C. The van der Waals surface area contributed by atoms with Crippen LogP contribution in [0.3, 0.4) is 0 Å². The highest BCUT2D eigenvalue weighted by atomic mass is 79.9. The zero-order chi connectivity index (χ0) is 15.6. The number of anilines is 2. The second-order valence-corrected chi connectivity index (χ2v) is 5.33. The van der Waals surface area contributed by atoms with Crippen molar-refractivity contribution in [3.8, 4) is 0 Å². The van der Waals surface area contributed by atoms with Crippen molar-refractivity contribution in [1.82, 2.24) is 0 Å². The van der Waals surface area contributed by atoms with Gasteiger partial charge in [-0.3, -0.25) is 4.79 Å². The summed E-state index contributed by atoms with van der Waals surface area (Å²) in [6.07, 6.45) is 0. The first-order chi connectivity index (χ1) is 9.92. The molecule has 110 valence electrons. The highest BCUT2D eigenvalue weighted by Gasteiger charge is 2.14. The lowest BCUT2D eigenvalue weighted by Crippen LogP contribution is -2.14. The van der Waals surface area contributed by atoms with E-state index in [4.69, 9.17) is 0 Å². The summed E-state index contributed by atoms with van der Waals surface area (Å²) in [5.74, 6) is -2.02. The summed E-state index contributed by atoms with van der Waals surface area (Å²) < 4.78 is 26.9. The zero-order valence-corrected chi connectivity index (χ0v) is 13.0. The molecule has 0 bridgehead atoms. The minimum absolute atomic E-state index is 0.0863. The van der Waals surface area contributed by atoms with E-state index in [9.17, 15) is 13.6 Å². The van der Waals surface area contributed by atoms with Gasteiger partial charge in [0.1, 0.15) is 5.82 Å². The van der Waals surface area contributed by atoms with Gasteiger partial charge in [-0.2, -0.15) is 0 Å². The number of rotatable bonds is 3. The molecular weight excluding hydrogens is 342 g/mol. The van der Waals surface area contributed by atoms with Crippen molar-refractivity contribution < 1.29 is 13.6 Å². The fourth-order valence-corrected chi connectivity index (χ4v) is 2.44. The van der Waals surface area contributed by atoms with Crippen LogP contribution in [0.1, 0.15) is 15.9 Å². The van der Waals surface area contributed by atoms with E-state index in [0.717, 1.165) is 23.4 Å². The first kappa shape index (κ1) is 15.4. The largest absolute Gasteiger partial charge is 0.388 e. The van der Waals surface area contributed by atoms with Gasteiger partial charge in [0.25, 0.3) is 5.91 Å². The highest BCUT2D eigenvalue weighted by Crippen LogP contribution is 2.27. The van der Waals surface area contributed by atoms with Crippen LogP contribution in [0.15, 0.2) is 34.8 Å². The summed E-state index contributed by atoms with van der Waals surface area (Å²) in [5.41, 5.74) is 2.10. The molecule has 3 nitrogen and oxygen atoms in total. The average Bonchev–Trinajstić information content (AvgIpc) is 2.42. The van der Waals surface area contributed by atoms with Crippen LogP contribution in [-0.2, 0) is 0 Å². The molecule has 2 rings (SSSR count). The molecule has 0 aliphatic heterocycles. The molecule has 0 heterocycles. The summed E-state index contributed by atoms with van der Waals surface area (Å²) in [4.78, 5) is 12.1. The lowest BCUT2D eigenvalue weighted by atomic mass is 10.1. The molecule has 1 amide bonds. The van der Waals surface area contributed by atoms with Crippen LogP contribution in [0, 0.1) is 18.6 Å². The van der Waals surface area contributed by atoms with E-state index >= 15 is 0 Å². The van der Waals surface area contributed by atoms with Crippen molar-refractivity contribution >= 4 is 33.2 Å². The number of benzene rings is 2. The summed E-state index contributed by atoms with van der Waals surface area (Å²) >= 11 is 3.03. The van der Waals surface area contributed by atoms with Gasteiger partial charge in [-0.15, -0.1) is 0 Å². The number of aryl methyl sites for hydroxylation is 1. The van der Waals surface area contributed by atoms with Crippen LogP contribution in [-0.4, -0.2) is 13.0 Å². The van der Waals surface area contributed by atoms with Crippen molar-refractivity contribution in [2.45, 2.75) is 6.92 Å². The summed E-state index contributed by atoms with van der Waals surface area (Å²) in [5, 5.41) is 5.43. The lowest BCUT2D eigenvalue weighted by Gasteiger charge is -2.11. The molecule has 0 aliphatic carbocycles. The second-order valence-electron chi connectivity index (χ2n) is 4.48. The topological polar surface area (TPSA) is 41.1 Å². The Labute approximate surface area is 129 Å². The van der Waals surface area contributed by atoms with Crippen LogP contribution < -0.4 is 10.6 Å². The smallest absolute Gasteiger partial charge is 0.255 e. The molecular formula is C15H13BrF2N2O. The fraction of sp³-hybridized carbons (Fsp3) is 0.133. The van der Waals surface area contributed by atoms with E-state index in [1.807, 2.05) is 6.92 Å². The molecule has 0 unspecified atom stereocenters. The van der Waals surface area contributed by atoms with Gasteiger partial charge in [-0.25, -0.2) is 8.78 Å². The molecule has 0 aromatic heterocycles. The number of nitrogens with one attached hydrogen (secondary N) is 2. The summed E-state index contributed by atoms with van der Waals surface area (Å²) in [6.45, 7) is 1.86. The van der Waals surface area contributed by atoms with Gasteiger partial charge in [-0.1, -0.05) is 0 Å². The lowest BCUT2D eigenvalue weighted by molar-refractivity contribution is 0.102. The van der Waals surface area contributed by atoms with E-state index in [1.54, 1.807) is 25.2 Å². The number of amides is 1. The quantitative estimate of drug-likeness (QED) is 0.861. The predicted octanol–water partition coefficient (Wildman–Crippen LogP) is 4.33. The van der Waals surface area contributed by atoms with Gasteiger partial charge >= 0.3 is 0 Å². The number of carbonyl (C=O) groups excluding carboxylic acids is 1. The second kappa shape index (κ2) is 6.22. The van der Waals surface area contributed by atoms with Crippen molar-refractivity contribution in [3.05, 3.63) is 57.6 Å². The van der Waals surface area contributed by atoms with E-state index in [1.165, 1.54) is 0 Å². The van der Waals surface area contributed by atoms with Crippen molar-refractivity contribution in [2.24, 2.45) is 0 Å². The molecule has 0 saturated heterocycles. The Kier molecular flexibility index (Phi) is 4.57.